The van der Waals surface area contributed by atoms with E-state index in [1.54, 1.807) is 24.5 Å². The van der Waals surface area contributed by atoms with Gasteiger partial charge in [0.2, 0.25) is 0 Å². The van der Waals surface area contributed by atoms with Crippen molar-refractivity contribution in [2.75, 3.05) is 0 Å². The lowest BCUT2D eigenvalue weighted by molar-refractivity contribution is 0.0943. The molecule has 2 rings (SSSR count). The first kappa shape index (κ1) is 12.2. The van der Waals surface area contributed by atoms with Crippen molar-refractivity contribution in [3.63, 3.8) is 0 Å². The SMILES string of the molecule is CC(C)NC(=O)c1ccc(-c2ccccn2)nc1. The summed E-state index contributed by atoms with van der Waals surface area (Å²) in [6, 6.07) is 9.33. The van der Waals surface area contributed by atoms with Crippen molar-refractivity contribution < 1.29 is 4.79 Å². The average molecular weight is 241 g/mol. The van der Waals surface area contributed by atoms with Crippen LogP contribution in [0.1, 0.15) is 24.2 Å². The maximum absolute atomic E-state index is 11.7. The Kier molecular flexibility index (Phi) is 3.67. The number of pyridine rings is 2. The number of amides is 1. The molecule has 4 nitrogen and oxygen atoms in total. The van der Waals surface area contributed by atoms with Gasteiger partial charge in [-0.2, -0.15) is 0 Å². The molecule has 0 saturated heterocycles. The summed E-state index contributed by atoms with van der Waals surface area (Å²) in [5.41, 5.74) is 2.12. The Hall–Kier alpha value is -2.23. The Bertz CT molecular complexity index is 520. The molecule has 0 spiro atoms. The molecule has 1 N–H and O–H groups in total. The number of nitrogens with one attached hydrogen (secondary N) is 1. The van der Waals surface area contributed by atoms with Gasteiger partial charge >= 0.3 is 0 Å². The molecular formula is C14H15N3O. The Balaban J connectivity index is 2.18. The third kappa shape index (κ3) is 2.91. The van der Waals surface area contributed by atoms with Gasteiger partial charge in [-0.3, -0.25) is 14.8 Å². The van der Waals surface area contributed by atoms with Crippen molar-refractivity contribution in [3.05, 3.63) is 48.3 Å². The van der Waals surface area contributed by atoms with Crippen LogP contribution < -0.4 is 5.32 Å². The highest BCUT2D eigenvalue weighted by molar-refractivity contribution is 5.94. The summed E-state index contributed by atoms with van der Waals surface area (Å²) in [7, 11) is 0. The Morgan fingerprint density at radius 1 is 1.11 bits per heavy atom. The average Bonchev–Trinajstić information content (AvgIpc) is 2.39. The molecule has 4 heteroatoms. The third-order valence-corrected chi connectivity index (χ3v) is 2.37. The molecule has 0 saturated carbocycles. The van der Waals surface area contributed by atoms with Gasteiger partial charge in [-0.15, -0.1) is 0 Å². The van der Waals surface area contributed by atoms with Crippen LogP contribution in [0.15, 0.2) is 42.7 Å². The second-order valence-electron chi connectivity index (χ2n) is 4.28. The zero-order chi connectivity index (χ0) is 13.0. The van der Waals surface area contributed by atoms with Crippen molar-refractivity contribution in [1.29, 1.82) is 0 Å². The van der Waals surface area contributed by atoms with E-state index >= 15 is 0 Å². The van der Waals surface area contributed by atoms with Crippen LogP contribution in [0, 0.1) is 0 Å². The normalized spacial score (nSPS) is 10.4. The zero-order valence-electron chi connectivity index (χ0n) is 10.4. The van der Waals surface area contributed by atoms with Crippen LogP contribution in [0.25, 0.3) is 11.4 Å². The highest BCUT2D eigenvalue weighted by Crippen LogP contribution is 2.13. The molecule has 0 aliphatic heterocycles. The van der Waals surface area contributed by atoms with E-state index < -0.39 is 0 Å². The van der Waals surface area contributed by atoms with Gasteiger partial charge in [0.15, 0.2) is 0 Å². The van der Waals surface area contributed by atoms with Gasteiger partial charge in [0, 0.05) is 18.4 Å². The van der Waals surface area contributed by atoms with Gasteiger partial charge < -0.3 is 5.32 Å². The number of rotatable bonds is 3. The highest BCUT2D eigenvalue weighted by Gasteiger charge is 2.08. The van der Waals surface area contributed by atoms with Crippen LogP contribution >= 0.6 is 0 Å². The molecule has 2 aromatic heterocycles. The first-order valence-electron chi connectivity index (χ1n) is 5.85. The third-order valence-electron chi connectivity index (χ3n) is 2.37. The van der Waals surface area contributed by atoms with Gasteiger partial charge in [-0.05, 0) is 38.1 Å². The quantitative estimate of drug-likeness (QED) is 0.897. The summed E-state index contributed by atoms with van der Waals surface area (Å²) < 4.78 is 0. The van der Waals surface area contributed by atoms with E-state index in [1.165, 1.54) is 0 Å². The predicted octanol–water partition coefficient (Wildman–Crippen LogP) is 2.28. The first-order valence-corrected chi connectivity index (χ1v) is 5.85. The Labute approximate surface area is 106 Å². The van der Waals surface area contributed by atoms with E-state index in [1.807, 2.05) is 32.0 Å². The minimum atomic E-state index is -0.106. The fourth-order valence-corrected chi connectivity index (χ4v) is 1.54. The summed E-state index contributed by atoms with van der Waals surface area (Å²) in [4.78, 5) is 20.2. The van der Waals surface area contributed by atoms with Crippen LogP contribution in [0.5, 0.6) is 0 Å². The minimum Gasteiger partial charge on any atom is -0.350 e. The van der Waals surface area contributed by atoms with Crippen molar-refractivity contribution in [1.82, 2.24) is 15.3 Å². The second-order valence-corrected chi connectivity index (χ2v) is 4.28. The number of nitrogens with zero attached hydrogens (tertiary/aromatic N) is 2. The van der Waals surface area contributed by atoms with Gasteiger partial charge in [-0.25, -0.2) is 0 Å². The number of hydrogen-bond donors (Lipinski definition) is 1. The smallest absolute Gasteiger partial charge is 0.253 e. The fraction of sp³-hybridized carbons (Fsp3) is 0.214. The summed E-state index contributed by atoms with van der Waals surface area (Å²) in [5.74, 6) is -0.106. The predicted molar refractivity (Wildman–Crippen MR) is 70.1 cm³/mol. The van der Waals surface area contributed by atoms with E-state index in [0.29, 0.717) is 5.56 Å². The number of aromatic nitrogens is 2. The van der Waals surface area contributed by atoms with Crippen LogP contribution in [0.2, 0.25) is 0 Å². The lowest BCUT2D eigenvalue weighted by Gasteiger charge is -2.08. The first-order chi connectivity index (χ1) is 8.66. The summed E-state index contributed by atoms with van der Waals surface area (Å²) >= 11 is 0. The molecule has 0 fully saturated rings. The van der Waals surface area contributed by atoms with Crippen molar-refractivity contribution >= 4 is 5.91 Å². The van der Waals surface area contributed by atoms with Gasteiger partial charge in [0.25, 0.3) is 5.91 Å². The molecular weight excluding hydrogens is 226 g/mol. The summed E-state index contributed by atoms with van der Waals surface area (Å²) in [6.45, 7) is 3.85. The van der Waals surface area contributed by atoms with E-state index in [4.69, 9.17) is 0 Å². The second kappa shape index (κ2) is 5.40. The van der Waals surface area contributed by atoms with Crippen LogP contribution in [-0.4, -0.2) is 21.9 Å². The van der Waals surface area contributed by atoms with E-state index in [0.717, 1.165) is 11.4 Å². The van der Waals surface area contributed by atoms with Gasteiger partial charge in [0.05, 0.1) is 17.0 Å². The van der Waals surface area contributed by atoms with Crippen molar-refractivity contribution in [2.45, 2.75) is 19.9 Å². The van der Waals surface area contributed by atoms with E-state index in [2.05, 4.69) is 15.3 Å². The molecule has 0 unspecified atom stereocenters. The van der Waals surface area contributed by atoms with E-state index in [-0.39, 0.29) is 11.9 Å². The molecule has 1 amide bonds. The molecule has 0 aromatic carbocycles. The molecule has 0 aliphatic carbocycles. The maximum Gasteiger partial charge on any atom is 0.253 e. The number of hydrogen-bond acceptors (Lipinski definition) is 3. The molecule has 2 heterocycles. The molecule has 0 bridgehead atoms. The standard InChI is InChI=1S/C14H15N3O/c1-10(2)17-14(18)11-6-7-13(16-9-11)12-5-3-4-8-15-12/h3-10H,1-2H3,(H,17,18). The maximum atomic E-state index is 11.7. The molecule has 0 radical (unpaired) electrons. The Morgan fingerprint density at radius 3 is 2.44 bits per heavy atom. The molecule has 92 valence electrons. The van der Waals surface area contributed by atoms with E-state index in [9.17, 15) is 4.79 Å². The number of carbonyl (C=O) groups is 1. The molecule has 18 heavy (non-hydrogen) atoms. The van der Waals surface area contributed by atoms with Crippen LogP contribution in [-0.2, 0) is 0 Å². The van der Waals surface area contributed by atoms with Crippen molar-refractivity contribution in [3.8, 4) is 11.4 Å². The van der Waals surface area contributed by atoms with Crippen LogP contribution in [0.3, 0.4) is 0 Å². The van der Waals surface area contributed by atoms with Gasteiger partial charge in [-0.1, -0.05) is 6.07 Å². The molecule has 2 aromatic rings. The monoisotopic (exact) mass is 241 g/mol. The number of carbonyl (C=O) groups excluding carboxylic acids is 1. The lowest BCUT2D eigenvalue weighted by atomic mass is 10.2. The molecule has 0 aliphatic rings. The highest BCUT2D eigenvalue weighted by atomic mass is 16.1. The summed E-state index contributed by atoms with van der Waals surface area (Å²) in [5, 5.41) is 2.82. The fourth-order valence-electron chi connectivity index (χ4n) is 1.54. The van der Waals surface area contributed by atoms with Crippen LogP contribution in [0.4, 0.5) is 0 Å². The molecule has 0 atom stereocenters. The topological polar surface area (TPSA) is 54.9 Å². The minimum absolute atomic E-state index is 0.106. The largest absolute Gasteiger partial charge is 0.350 e. The van der Waals surface area contributed by atoms with Crippen molar-refractivity contribution in [2.24, 2.45) is 0 Å². The van der Waals surface area contributed by atoms with Gasteiger partial charge in [0.1, 0.15) is 0 Å². The Morgan fingerprint density at radius 2 is 1.89 bits per heavy atom. The zero-order valence-corrected chi connectivity index (χ0v) is 10.4. The summed E-state index contributed by atoms with van der Waals surface area (Å²) in [6.07, 6.45) is 3.29. The lowest BCUT2D eigenvalue weighted by Crippen LogP contribution is -2.30.